The maximum Gasteiger partial charge on any atom is 0.389 e. The molecule has 0 aliphatic rings. The van der Waals surface area contributed by atoms with Crippen molar-refractivity contribution in [3.05, 3.63) is 34.1 Å². The van der Waals surface area contributed by atoms with E-state index in [9.17, 15) is 22.4 Å². The van der Waals surface area contributed by atoms with Gasteiger partial charge >= 0.3 is 6.18 Å². The highest BCUT2D eigenvalue weighted by atomic mass is 79.9. The Hall–Kier alpha value is -1.11. The Morgan fingerprint density at radius 2 is 2.00 bits per heavy atom. The first-order chi connectivity index (χ1) is 8.31. The molecule has 0 radical (unpaired) electrons. The van der Waals surface area contributed by atoms with Gasteiger partial charge in [0.2, 0.25) is 0 Å². The third-order valence-electron chi connectivity index (χ3n) is 2.12. The summed E-state index contributed by atoms with van der Waals surface area (Å²) in [6, 6.07) is 3.90. The summed E-state index contributed by atoms with van der Waals surface area (Å²) >= 11 is 2.91. The molecule has 0 atom stereocenters. The first kappa shape index (κ1) is 14.9. The van der Waals surface area contributed by atoms with Gasteiger partial charge in [0, 0.05) is 13.0 Å². The van der Waals surface area contributed by atoms with E-state index in [4.69, 9.17) is 0 Å². The Morgan fingerprint density at radius 3 is 2.61 bits per heavy atom. The Morgan fingerprint density at radius 1 is 1.33 bits per heavy atom. The summed E-state index contributed by atoms with van der Waals surface area (Å²) in [6.45, 7) is -0.110. The molecule has 1 rings (SSSR count). The van der Waals surface area contributed by atoms with Crippen LogP contribution in [0.1, 0.15) is 23.2 Å². The molecule has 0 aliphatic heterocycles. The van der Waals surface area contributed by atoms with Gasteiger partial charge in [-0.25, -0.2) is 4.39 Å². The summed E-state index contributed by atoms with van der Waals surface area (Å²) in [6.07, 6.45) is -5.40. The molecule has 0 saturated heterocycles. The number of hydrogen-bond donors (Lipinski definition) is 1. The SMILES string of the molecule is O=C(NCCCC(F)(F)F)c1cccc(F)c1Br. The molecule has 0 heterocycles. The van der Waals surface area contributed by atoms with Crippen molar-refractivity contribution >= 4 is 21.8 Å². The van der Waals surface area contributed by atoms with Crippen LogP contribution in [0.15, 0.2) is 22.7 Å². The van der Waals surface area contributed by atoms with Crippen LogP contribution in [0.5, 0.6) is 0 Å². The number of hydrogen-bond acceptors (Lipinski definition) is 1. The molecule has 0 aliphatic carbocycles. The van der Waals surface area contributed by atoms with Crippen LogP contribution in [0.3, 0.4) is 0 Å². The van der Waals surface area contributed by atoms with Gasteiger partial charge in [-0.3, -0.25) is 4.79 Å². The number of carbonyl (C=O) groups excluding carboxylic acids is 1. The van der Waals surface area contributed by atoms with Gasteiger partial charge in [-0.2, -0.15) is 13.2 Å². The van der Waals surface area contributed by atoms with Gasteiger partial charge in [0.05, 0.1) is 10.0 Å². The molecule has 7 heteroatoms. The second-order valence-electron chi connectivity index (χ2n) is 3.58. The summed E-state index contributed by atoms with van der Waals surface area (Å²) in [4.78, 5) is 11.6. The molecule has 1 aromatic carbocycles. The molecule has 2 nitrogen and oxygen atoms in total. The smallest absolute Gasteiger partial charge is 0.352 e. The molecule has 18 heavy (non-hydrogen) atoms. The second-order valence-corrected chi connectivity index (χ2v) is 4.37. The molecule has 0 unspecified atom stereocenters. The van der Waals surface area contributed by atoms with E-state index in [2.05, 4.69) is 21.2 Å². The average Bonchev–Trinajstić information content (AvgIpc) is 2.26. The van der Waals surface area contributed by atoms with E-state index in [0.717, 1.165) is 0 Å². The second kappa shape index (κ2) is 6.17. The first-order valence-corrected chi connectivity index (χ1v) is 5.89. The lowest BCUT2D eigenvalue weighted by atomic mass is 10.2. The lowest BCUT2D eigenvalue weighted by Gasteiger charge is -2.08. The molecule has 0 aromatic heterocycles. The van der Waals surface area contributed by atoms with Gasteiger partial charge in [0.25, 0.3) is 5.91 Å². The third-order valence-corrected chi connectivity index (χ3v) is 2.92. The minimum atomic E-state index is -4.23. The van der Waals surface area contributed by atoms with Crippen molar-refractivity contribution in [2.24, 2.45) is 0 Å². The van der Waals surface area contributed by atoms with Crippen molar-refractivity contribution < 1.29 is 22.4 Å². The zero-order valence-corrected chi connectivity index (χ0v) is 10.7. The van der Waals surface area contributed by atoms with E-state index < -0.39 is 24.3 Å². The van der Waals surface area contributed by atoms with Gasteiger partial charge in [0.15, 0.2) is 0 Å². The molecule has 1 aromatic rings. The largest absolute Gasteiger partial charge is 0.389 e. The van der Waals surface area contributed by atoms with Crippen LogP contribution in [0.25, 0.3) is 0 Å². The van der Waals surface area contributed by atoms with Crippen LogP contribution < -0.4 is 5.32 Å². The van der Waals surface area contributed by atoms with Crippen LogP contribution in [0.2, 0.25) is 0 Å². The van der Waals surface area contributed by atoms with Crippen LogP contribution in [-0.4, -0.2) is 18.6 Å². The van der Waals surface area contributed by atoms with Gasteiger partial charge < -0.3 is 5.32 Å². The zero-order valence-electron chi connectivity index (χ0n) is 9.15. The number of carbonyl (C=O) groups is 1. The predicted octanol–water partition coefficient (Wildman–Crippen LogP) is 3.66. The van der Waals surface area contributed by atoms with Crippen molar-refractivity contribution in [2.45, 2.75) is 19.0 Å². The molecule has 0 saturated carbocycles. The van der Waals surface area contributed by atoms with Crippen LogP contribution in [-0.2, 0) is 0 Å². The van der Waals surface area contributed by atoms with E-state index in [0.29, 0.717) is 0 Å². The molecule has 0 fully saturated rings. The quantitative estimate of drug-likeness (QED) is 0.663. The molecule has 0 spiro atoms. The number of alkyl halides is 3. The van der Waals surface area contributed by atoms with Gasteiger partial charge in [-0.1, -0.05) is 6.07 Å². The topological polar surface area (TPSA) is 29.1 Å². The molecule has 100 valence electrons. The Kier molecular flexibility index (Phi) is 5.13. The Bertz CT molecular complexity index is 434. The number of rotatable bonds is 4. The fourth-order valence-electron chi connectivity index (χ4n) is 1.27. The predicted molar refractivity (Wildman–Crippen MR) is 61.7 cm³/mol. The molecule has 1 amide bonds. The van der Waals surface area contributed by atoms with E-state index in [1.807, 2.05) is 0 Å². The third kappa shape index (κ3) is 4.64. The summed E-state index contributed by atoms with van der Waals surface area (Å²) in [5, 5.41) is 2.30. The van der Waals surface area contributed by atoms with E-state index in [1.54, 1.807) is 0 Å². The van der Waals surface area contributed by atoms with Crippen LogP contribution in [0.4, 0.5) is 17.6 Å². The number of halogens is 5. The van der Waals surface area contributed by atoms with Crippen LogP contribution >= 0.6 is 15.9 Å². The number of benzene rings is 1. The highest BCUT2D eigenvalue weighted by Crippen LogP contribution is 2.21. The number of amides is 1. The van der Waals surface area contributed by atoms with Crippen LogP contribution in [0, 0.1) is 5.82 Å². The molecular weight excluding hydrogens is 318 g/mol. The fraction of sp³-hybridized carbons (Fsp3) is 0.364. The fourth-order valence-corrected chi connectivity index (χ4v) is 1.71. The van der Waals surface area contributed by atoms with Gasteiger partial charge in [-0.15, -0.1) is 0 Å². The average molecular weight is 328 g/mol. The van der Waals surface area contributed by atoms with Crippen molar-refractivity contribution in [3.8, 4) is 0 Å². The number of nitrogens with one attached hydrogen (secondary N) is 1. The van der Waals surface area contributed by atoms with E-state index in [-0.39, 0.29) is 23.0 Å². The summed E-state index contributed by atoms with van der Waals surface area (Å²) in [5.41, 5.74) is 0.0574. The Labute approximate surface area is 109 Å². The molecular formula is C11H10BrF4NO. The molecule has 0 bridgehead atoms. The van der Waals surface area contributed by atoms with Crippen molar-refractivity contribution in [1.82, 2.24) is 5.32 Å². The minimum Gasteiger partial charge on any atom is -0.352 e. The highest BCUT2D eigenvalue weighted by molar-refractivity contribution is 9.10. The minimum absolute atomic E-state index is 0.00155. The van der Waals surface area contributed by atoms with Crippen molar-refractivity contribution in [2.75, 3.05) is 6.54 Å². The zero-order chi connectivity index (χ0) is 13.8. The molecule has 1 N–H and O–H groups in total. The normalized spacial score (nSPS) is 11.4. The summed E-state index contributed by atoms with van der Waals surface area (Å²) < 4.78 is 48.7. The maximum atomic E-state index is 13.1. The lowest BCUT2D eigenvalue weighted by Crippen LogP contribution is -2.26. The monoisotopic (exact) mass is 327 g/mol. The van der Waals surface area contributed by atoms with Crippen molar-refractivity contribution in [1.29, 1.82) is 0 Å². The summed E-state index contributed by atoms with van der Waals surface area (Å²) in [5.74, 6) is -1.21. The maximum absolute atomic E-state index is 13.1. The standard InChI is InChI=1S/C11H10BrF4NO/c12-9-7(3-1-4-8(9)13)10(18)17-6-2-5-11(14,15)16/h1,3-4H,2,5-6H2,(H,17,18). The highest BCUT2D eigenvalue weighted by Gasteiger charge is 2.26. The van der Waals surface area contributed by atoms with Gasteiger partial charge in [-0.05, 0) is 34.5 Å². The van der Waals surface area contributed by atoms with E-state index in [1.165, 1.54) is 18.2 Å². The first-order valence-electron chi connectivity index (χ1n) is 5.10. The lowest BCUT2D eigenvalue weighted by molar-refractivity contribution is -0.135. The van der Waals surface area contributed by atoms with E-state index >= 15 is 0 Å². The summed E-state index contributed by atoms with van der Waals surface area (Å²) in [7, 11) is 0. The Balaban J connectivity index is 2.49. The van der Waals surface area contributed by atoms with Crippen molar-refractivity contribution in [3.63, 3.8) is 0 Å². The van der Waals surface area contributed by atoms with Gasteiger partial charge in [0.1, 0.15) is 5.82 Å².